The van der Waals surface area contributed by atoms with Crippen LogP contribution < -0.4 is 10.6 Å². The van der Waals surface area contributed by atoms with Crippen molar-refractivity contribution in [3.8, 4) is 0 Å². The summed E-state index contributed by atoms with van der Waals surface area (Å²) in [6, 6.07) is 0.250. The molecule has 3 atom stereocenters. The van der Waals surface area contributed by atoms with Crippen LogP contribution in [0.2, 0.25) is 0 Å². The molecule has 0 radical (unpaired) electrons. The van der Waals surface area contributed by atoms with E-state index in [-0.39, 0.29) is 17.9 Å². The molecular formula is C14H23N3O2. The van der Waals surface area contributed by atoms with Gasteiger partial charge in [0.2, 0.25) is 0 Å². The molecule has 19 heavy (non-hydrogen) atoms. The predicted molar refractivity (Wildman–Crippen MR) is 71.4 cm³/mol. The van der Waals surface area contributed by atoms with Gasteiger partial charge in [0, 0.05) is 25.7 Å². The Morgan fingerprint density at radius 3 is 2.74 bits per heavy atom. The molecule has 0 aromatic heterocycles. The molecule has 3 aliphatic rings. The summed E-state index contributed by atoms with van der Waals surface area (Å²) in [5, 5.41) is 6.22. The number of carbonyl (C=O) groups excluding carboxylic acids is 2. The summed E-state index contributed by atoms with van der Waals surface area (Å²) < 4.78 is 0. The summed E-state index contributed by atoms with van der Waals surface area (Å²) in [6.07, 6.45) is 5.77. The van der Waals surface area contributed by atoms with E-state index in [9.17, 15) is 9.59 Å². The van der Waals surface area contributed by atoms with Crippen LogP contribution in [-0.2, 0) is 9.59 Å². The van der Waals surface area contributed by atoms with Gasteiger partial charge in [0.1, 0.15) is 0 Å². The highest BCUT2D eigenvalue weighted by atomic mass is 16.2. The van der Waals surface area contributed by atoms with Crippen LogP contribution in [0.4, 0.5) is 0 Å². The van der Waals surface area contributed by atoms with Crippen LogP contribution in [0, 0.1) is 11.8 Å². The van der Waals surface area contributed by atoms with E-state index in [2.05, 4.69) is 10.6 Å². The van der Waals surface area contributed by atoms with Crippen molar-refractivity contribution in [2.75, 3.05) is 26.2 Å². The van der Waals surface area contributed by atoms with Crippen LogP contribution in [0.25, 0.3) is 0 Å². The molecular weight excluding hydrogens is 242 g/mol. The van der Waals surface area contributed by atoms with Crippen molar-refractivity contribution < 1.29 is 9.59 Å². The Labute approximate surface area is 114 Å². The van der Waals surface area contributed by atoms with Gasteiger partial charge in [-0.3, -0.25) is 9.59 Å². The van der Waals surface area contributed by atoms with E-state index in [0.29, 0.717) is 19.0 Å². The van der Waals surface area contributed by atoms with Gasteiger partial charge < -0.3 is 15.5 Å². The zero-order chi connectivity index (χ0) is 13.2. The fraction of sp³-hybridized carbons (Fsp3) is 0.857. The van der Waals surface area contributed by atoms with Crippen molar-refractivity contribution in [1.29, 1.82) is 0 Å². The second-order valence-electron chi connectivity index (χ2n) is 6.15. The molecule has 1 aliphatic heterocycles. The summed E-state index contributed by atoms with van der Waals surface area (Å²) in [5.41, 5.74) is 0. The predicted octanol–water partition coefficient (Wildman–Crippen LogP) is 0.113. The van der Waals surface area contributed by atoms with Crippen LogP contribution in [0.15, 0.2) is 0 Å². The molecule has 3 fully saturated rings. The van der Waals surface area contributed by atoms with Crippen LogP contribution >= 0.6 is 0 Å². The highest BCUT2D eigenvalue weighted by molar-refractivity contribution is 6.35. The normalized spacial score (nSPS) is 34.1. The van der Waals surface area contributed by atoms with E-state index in [1.54, 1.807) is 4.90 Å². The quantitative estimate of drug-likeness (QED) is 0.662. The van der Waals surface area contributed by atoms with Gasteiger partial charge >= 0.3 is 11.8 Å². The van der Waals surface area contributed by atoms with E-state index in [4.69, 9.17) is 0 Å². The molecule has 2 N–H and O–H groups in total. The first kappa shape index (κ1) is 12.9. The summed E-state index contributed by atoms with van der Waals surface area (Å²) >= 11 is 0. The molecule has 0 spiro atoms. The van der Waals surface area contributed by atoms with Crippen molar-refractivity contribution in [1.82, 2.24) is 15.5 Å². The molecule has 2 aliphatic carbocycles. The number of nitrogens with one attached hydrogen (secondary N) is 2. The molecule has 0 aromatic carbocycles. The van der Waals surface area contributed by atoms with Crippen LogP contribution in [-0.4, -0.2) is 48.9 Å². The van der Waals surface area contributed by atoms with Crippen molar-refractivity contribution in [2.45, 2.75) is 38.1 Å². The number of carbonyl (C=O) groups is 2. The van der Waals surface area contributed by atoms with Gasteiger partial charge in [-0.15, -0.1) is 0 Å². The van der Waals surface area contributed by atoms with Gasteiger partial charge in [-0.25, -0.2) is 0 Å². The lowest BCUT2D eigenvalue weighted by atomic mass is 9.95. The summed E-state index contributed by atoms with van der Waals surface area (Å²) in [5.74, 6) is 0.672. The molecule has 106 valence electrons. The second kappa shape index (κ2) is 5.49. The van der Waals surface area contributed by atoms with E-state index < -0.39 is 0 Å². The van der Waals surface area contributed by atoms with Gasteiger partial charge in [-0.05, 0) is 44.1 Å². The van der Waals surface area contributed by atoms with Gasteiger partial charge in [0.25, 0.3) is 0 Å². The topological polar surface area (TPSA) is 61.4 Å². The van der Waals surface area contributed by atoms with Gasteiger partial charge in [0.05, 0.1) is 0 Å². The SMILES string of the molecule is O=C(NC1CC2CCC1C2)C(=O)N1CCCNCC1. The zero-order valence-electron chi connectivity index (χ0n) is 11.4. The third kappa shape index (κ3) is 2.76. The number of fused-ring (bicyclic) bond motifs is 2. The third-order valence-electron chi connectivity index (χ3n) is 4.88. The minimum absolute atomic E-state index is 0.250. The monoisotopic (exact) mass is 265 g/mol. The summed E-state index contributed by atoms with van der Waals surface area (Å²) in [7, 11) is 0. The Morgan fingerprint density at radius 2 is 2.00 bits per heavy atom. The molecule has 1 saturated heterocycles. The lowest BCUT2D eigenvalue weighted by Crippen LogP contribution is -2.48. The molecule has 0 aromatic rings. The van der Waals surface area contributed by atoms with Crippen molar-refractivity contribution >= 4 is 11.8 Å². The van der Waals surface area contributed by atoms with Crippen LogP contribution in [0.3, 0.4) is 0 Å². The molecule has 3 unspecified atom stereocenters. The van der Waals surface area contributed by atoms with E-state index in [0.717, 1.165) is 31.8 Å². The first-order valence-corrected chi connectivity index (χ1v) is 7.54. The van der Waals surface area contributed by atoms with Crippen molar-refractivity contribution in [3.05, 3.63) is 0 Å². The Bertz CT molecular complexity index is 364. The lowest BCUT2D eigenvalue weighted by Gasteiger charge is -2.25. The molecule has 5 heteroatoms. The molecule has 2 amide bonds. The maximum atomic E-state index is 12.1. The number of rotatable bonds is 1. The highest BCUT2D eigenvalue weighted by Crippen LogP contribution is 2.44. The molecule has 2 saturated carbocycles. The zero-order valence-corrected chi connectivity index (χ0v) is 11.4. The smallest absolute Gasteiger partial charge is 0.311 e. The number of hydrogen-bond donors (Lipinski definition) is 2. The van der Waals surface area contributed by atoms with Gasteiger partial charge in [-0.2, -0.15) is 0 Å². The number of nitrogens with zero attached hydrogens (tertiary/aromatic N) is 1. The average Bonchev–Trinajstić information content (AvgIpc) is 2.91. The number of hydrogen-bond acceptors (Lipinski definition) is 3. The fourth-order valence-corrected chi connectivity index (χ4v) is 3.84. The first-order chi connectivity index (χ1) is 9.24. The van der Waals surface area contributed by atoms with Gasteiger partial charge in [0.15, 0.2) is 0 Å². The van der Waals surface area contributed by atoms with E-state index >= 15 is 0 Å². The highest BCUT2D eigenvalue weighted by Gasteiger charge is 2.41. The second-order valence-corrected chi connectivity index (χ2v) is 6.15. The van der Waals surface area contributed by atoms with Crippen LogP contribution in [0.1, 0.15) is 32.1 Å². The Kier molecular flexibility index (Phi) is 3.73. The van der Waals surface area contributed by atoms with Crippen LogP contribution in [0.5, 0.6) is 0 Å². The fourth-order valence-electron chi connectivity index (χ4n) is 3.84. The minimum Gasteiger partial charge on any atom is -0.345 e. The first-order valence-electron chi connectivity index (χ1n) is 7.54. The largest absolute Gasteiger partial charge is 0.345 e. The molecule has 3 rings (SSSR count). The minimum atomic E-state index is -0.389. The van der Waals surface area contributed by atoms with E-state index in [1.165, 1.54) is 19.3 Å². The standard InChI is InChI=1S/C14H23N3O2/c18-13(14(19)17-6-1-4-15-5-7-17)16-12-9-10-2-3-11(12)8-10/h10-12,15H,1-9H2,(H,16,18). The Morgan fingerprint density at radius 1 is 1.11 bits per heavy atom. The molecule has 1 heterocycles. The lowest BCUT2D eigenvalue weighted by molar-refractivity contribution is -0.146. The molecule has 2 bridgehead atoms. The van der Waals surface area contributed by atoms with E-state index in [1.807, 2.05) is 0 Å². The Balaban J connectivity index is 1.53. The maximum Gasteiger partial charge on any atom is 0.311 e. The van der Waals surface area contributed by atoms with Gasteiger partial charge in [-0.1, -0.05) is 6.42 Å². The molecule has 5 nitrogen and oxygen atoms in total. The average molecular weight is 265 g/mol. The summed E-state index contributed by atoms with van der Waals surface area (Å²) in [4.78, 5) is 25.9. The Hall–Kier alpha value is -1.10. The van der Waals surface area contributed by atoms with Crippen molar-refractivity contribution in [2.24, 2.45) is 11.8 Å². The third-order valence-corrected chi connectivity index (χ3v) is 4.88. The van der Waals surface area contributed by atoms with Crippen molar-refractivity contribution in [3.63, 3.8) is 0 Å². The number of amides is 2. The maximum absolute atomic E-state index is 12.1. The summed E-state index contributed by atoms with van der Waals surface area (Å²) in [6.45, 7) is 3.05.